The fourth-order valence-electron chi connectivity index (χ4n) is 3.55. The summed E-state index contributed by atoms with van der Waals surface area (Å²) in [4.78, 5) is 17.6. The molecule has 1 aromatic heterocycles. The predicted octanol–water partition coefficient (Wildman–Crippen LogP) is 2.95. The molecule has 164 valence electrons. The summed E-state index contributed by atoms with van der Waals surface area (Å²) in [7, 11) is 0. The average molecular weight is 451 g/mol. The number of nitrogens with two attached hydrogens (primary N) is 1. The highest BCUT2D eigenvalue weighted by Crippen LogP contribution is 2.35. The van der Waals surface area contributed by atoms with Crippen LogP contribution in [0.25, 0.3) is 10.2 Å². The van der Waals surface area contributed by atoms with Crippen molar-refractivity contribution in [3.63, 3.8) is 0 Å². The van der Waals surface area contributed by atoms with Gasteiger partial charge in [-0.25, -0.2) is 0 Å². The Kier molecular flexibility index (Phi) is 6.12. The summed E-state index contributed by atoms with van der Waals surface area (Å²) in [5.74, 6) is -0.405. The minimum atomic E-state index is -4.51. The molecule has 0 bridgehead atoms. The molecule has 10 heteroatoms. The first-order valence-corrected chi connectivity index (χ1v) is 10.6. The maximum absolute atomic E-state index is 13.0. The number of fused-ring (bicyclic) bond motifs is 1. The number of aromatic amines is 1. The minimum Gasteiger partial charge on any atom is -0.397 e. The molecule has 1 saturated heterocycles. The third-order valence-corrected chi connectivity index (χ3v) is 6.22. The Morgan fingerprint density at radius 2 is 2.06 bits per heavy atom. The van der Waals surface area contributed by atoms with E-state index in [1.807, 2.05) is 18.2 Å². The molecule has 1 amide bonds. The van der Waals surface area contributed by atoms with Crippen LogP contribution in [0.1, 0.15) is 20.9 Å². The highest BCUT2D eigenvalue weighted by molar-refractivity contribution is 7.20. The van der Waals surface area contributed by atoms with Gasteiger partial charge in [-0.3, -0.25) is 9.69 Å². The third kappa shape index (κ3) is 5.15. The summed E-state index contributed by atoms with van der Waals surface area (Å²) < 4.78 is 45.2. The SMILES string of the molecule is Nc1cc(C(F)(F)F)cc2[nH+]c(C(=O)NCC3CN(Cc4ccccc4)CCO3)sc12. The van der Waals surface area contributed by atoms with E-state index >= 15 is 0 Å². The van der Waals surface area contributed by atoms with Gasteiger partial charge in [0.15, 0.2) is 0 Å². The Balaban J connectivity index is 1.38. The number of aromatic nitrogens is 1. The number of hydrogen-bond donors (Lipinski definition) is 2. The number of benzene rings is 2. The summed E-state index contributed by atoms with van der Waals surface area (Å²) in [6.45, 7) is 3.16. The minimum absolute atomic E-state index is 0.0164. The Bertz CT molecular complexity index is 1070. The predicted molar refractivity (Wildman–Crippen MR) is 112 cm³/mol. The lowest BCUT2D eigenvalue weighted by atomic mass is 10.2. The fraction of sp³-hybridized carbons (Fsp3) is 0.333. The molecule has 0 radical (unpaired) electrons. The number of nitrogens with one attached hydrogen (secondary N) is 2. The van der Waals surface area contributed by atoms with E-state index in [2.05, 4.69) is 27.3 Å². The van der Waals surface area contributed by atoms with Gasteiger partial charge < -0.3 is 15.8 Å². The van der Waals surface area contributed by atoms with E-state index in [0.717, 1.165) is 36.6 Å². The monoisotopic (exact) mass is 451 g/mol. The average Bonchev–Trinajstić information content (AvgIpc) is 3.18. The maximum atomic E-state index is 13.0. The van der Waals surface area contributed by atoms with Crippen LogP contribution in [0.2, 0.25) is 0 Å². The number of H-pyrrole nitrogens is 1. The van der Waals surface area contributed by atoms with E-state index in [0.29, 0.717) is 24.4 Å². The number of halogens is 3. The number of amides is 1. The molecule has 0 spiro atoms. The quantitative estimate of drug-likeness (QED) is 0.585. The molecule has 2 aromatic carbocycles. The molecule has 2 heterocycles. The van der Waals surface area contributed by atoms with Crippen molar-refractivity contribution in [2.75, 3.05) is 32.0 Å². The van der Waals surface area contributed by atoms with Crippen LogP contribution < -0.4 is 16.0 Å². The van der Waals surface area contributed by atoms with E-state index in [4.69, 9.17) is 10.5 Å². The summed E-state index contributed by atoms with van der Waals surface area (Å²) in [6.07, 6.45) is -4.68. The number of carbonyl (C=O) groups excluding carboxylic acids is 1. The Hall–Kier alpha value is -2.69. The van der Waals surface area contributed by atoms with Crippen LogP contribution in [0.4, 0.5) is 18.9 Å². The molecule has 4 rings (SSSR count). The van der Waals surface area contributed by atoms with Crippen molar-refractivity contribution >= 4 is 33.1 Å². The van der Waals surface area contributed by atoms with Gasteiger partial charge in [-0.1, -0.05) is 41.7 Å². The zero-order valence-corrected chi connectivity index (χ0v) is 17.4. The van der Waals surface area contributed by atoms with Crippen molar-refractivity contribution in [1.29, 1.82) is 0 Å². The lowest BCUT2D eigenvalue weighted by Crippen LogP contribution is -2.47. The molecule has 31 heavy (non-hydrogen) atoms. The summed E-state index contributed by atoms with van der Waals surface area (Å²) in [6, 6.07) is 12.0. The van der Waals surface area contributed by atoms with Crippen molar-refractivity contribution in [3.05, 3.63) is 58.6 Å². The Morgan fingerprint density at radius 1 is 1.29 bits per heavy atom. The molecule has 0 aliphatic carbocycles. The molecule has 1 aliphatic rings. The second kappa shape index (κ2) is 8.81. The first-order chi connectivity index (χ1) is 14.8. The second-order valence-electron chi connectivity index (χ2n) is 7.42. The lowest BCUT2D eigenvalue weighted by Gasteiger charge is -2.32. The number of rotatable bonds is 5. The van der Waals surface area contributed by atoms with Crippen molar-refractivity contribution in [1.82, 2.24) is 10.2 Å². The molecule has 1 unspecified atom stereocenters. The van der Waals surface area contributed by atoms with Crippen molar-refractivity contribution in [2.24, 2.45) is 0 Å². The van der Waals surface area contributed by atoms with E-state index in [1.54, 1.807) is 0 Å². The number of thiazole rings is 1. The van der Waals surface area contributed by atoms with Crippen LogP contribution in [0.3, 0.4) is 0 Å². The molecule has 6 nitrogen and oxygen atoms in total. The van der Waals surface area contributed by atoms with Gasteiger partial charge in [0.1, 0.15) is 4.70 Å². The molecule has 4 N–H and O–H groups in total. The molecule has 0 saturated carbocycles. The lowest BCUT2D eigenvalue weighted by molar-refractivity contribution is -0.342. The zero-order valence-electron chi connectivity index (χ0n) is 16.5. The number of ether oxygens (including phenoxy) is 1. The van der Waals surface area contributed by atoms with Gasteiger partial charge in [0, 0.05) is 32.2 Å². The molecule has 1 atom stereocenters. The number of morpholine rings is 1. The van der Waals surface area contributed by atoms with Crippen LogP contribution in [-0.2, 0) is 17.5 Å². The summed E-state index contributed by atoms with van der Waals surface area (Å²) >= 11 is 1.03. The highest BCUT2D eigenvalue weighted by Gasteiger charge is 2.33. The number of alkyl halides is 3. The van der Waals surface area contributed by atoms with E-state index < -0.39 is 17.6 Å². The topological polar surface area (TPSA) is 81.7 Å². The normalized spacial score (nSPS) is 17.7. The van der Waals surface area contributed by atoms with E-state index in [-0.39, 0.29) is 22.3 Å². The van der Waals surface area contributed by atoms with Gasteiger partial charge in [-0.15, -0.1) is 0 Å². The van der Waals surface area contributed by atoms with Gasteiger partial charge in [0.2, 0.25) is 5.52 Å². The molecule has 1 aliphatic heterocycles. The van der Waals surface area contributed by atoms with Crippen LogP contribution >= 0.6 is 11.3 Å². The Labute approximate surface area is 180 Å². The van der Waals surface area contributed by atoms with Crippen molar-refractivity contribution < 1.29 is 27.7 Å². The first-order valence-electron chi connectivity index (χ1n) is 9.78. The second-order valence-corrected chi connectivity index (χ2v) is 8.44. The molecule has 3 aromatic rings. The summed E-state index contributed by atoms with van der Waals surface area (Å²) in [5.41, 5.74) is 6.30. The highest BCUT2D eigenvalue weighted by atomic mass is 32.1. The third-order valence-electron chi connectivity index (χ3n) is 5.07. The number of nitrogen functional groups attached to an aromatic ring is 1. The number of nitrogens with zero attached hydrogens (tertiary/aromatic N) is 1. The van der Waals surface area contributed by atoms with Gasteiger partial charge in [-0.05, 0) is 11.6 Å². The fourth-order valence-corrected chi connectivity index (χ4v) is 4.48. The van der Waals surface area contributed by atoms with Crippen LogP contribution in [0, 0.1) is 0 Å². The largest absolute Gasteiger partial charge is 0.416 e. The molecular formula is C21H22F3N4O2S+. The maximum Gasteiger partial charge on any atom is 0.416 e. The van der Waals surface area contributed by atoms with Crippen LogP contribution in [0.5, 0.6) is 0 Å². The molecular weight excluding hydrogens is 429 g/mol. The van der Waals surface area contributed by atoms with Crippen molar-refractivity contribution in [3.8, 4) is 0 Å². The van der Waals surface area contributed by atoms with Gasteiger partial charge >= 0.3 is 17.1 Å². The number of carbonyl (C=O) groups is 1. The number of hydrogen-bond acceptors (Lipinski definition) is 5. The standard InChI is InChI=1S/C21H21F3N4O2S/c22-21(23,24)14-8-16(25)18-17(9-14)27-20(31-18)19(29)26-10-15-12-28(6-7-30-15)11-13-4-2-1-3-5-13/h1-5,8-9,15H,6-7,10-12,25H2,(H,26,29)/p+1. The number of anilines is 1. The van der Waals surface area contributed by atoms with Gasteiger partial charge in [0.25, 0.3) is 0 Å². The molecule has 1 fully saturated rings. The smallest absolute Gasteiger partial charge is 0.397 e. The summed E-state index contributed by atoms with van der Waals surface area (Å²) in [5, 5.41) is 3.00. The van der Waals surface area contributed by atoms with Crippen molar-refractivity contribution in [2.45, 2.75) is 18.8 Å². The Morgan fingerprint density at radius 3 is 2.81 bits per heavy atom. The first kappa shape index (κ1) is 21.5. The van der Waals surface area contributed by atoms with Gasteiger partial charge in [0.05, 0.1) is 24.0 Å². The van der Waals surface area contributed by atoms with Crippen LogP contribution in [-0.4, -0.2) is 43.2 Å². The van der Waals surface area contributed by atoms with E-state index in [9.17, 15) is 18.0 Å². The van der Waals surface area contributed by atoms with Gasteiger partial charge in [-0.2, -0.15) is 18.2 Å². The zero-order chi connectivity index (χ0) is 22.0. The van der Waals surface area contributed by atoms with Crippen LogP contribution in [0.15, 0.2) is 42.5 Å². The van der Waals surface area contributed by atoms with E-state index in [1.165, 1.54) is 5.56 Å².